The predicted octanol–water partition coefficient (Wildman–Crippen LogP) is 2.26. The summed E-state index contributed by atoms with van der Waals surface area (Å²) in [7, 11) is 0. The number of anilines is 1. The van der Waals surface area contributed by atoms with Crippen LogP contribution in [0.15, 0.2) is 23.7 Å². The number of hydrogen-bond acceptors (Lipinski definition) is 4. The lowest BCUT2D eigenvalue weighted by molar-refractivity contribution is -0.00956. The van der Waals surface area contributed by atoms with Gasteiger partial charge < -0.3 is 10.0 Å². The van der Waals surface area contributed by atoms with Crippen LogP contribution in [0.2, 0.25) is 0 Å². The van der Waals surface area contributed by atoms with Gasteiger partial charge in [-0.25, -0.2) is 4.98 Å². The van der Waals surface area contributed by atoms with E-state index >= 15 is 0 Å². The van der Waals surface area contributed by atoms with Crippen LogP contribution in [0.3, 0.4) is 0 Å². The lowest BCUT2D eigenvalue weighted by Crippen LogP contribution is -2.63. The molecule has 3 heterocycles. The molecule has 1 saturated heterocycles. The molecule has 0 aromatic carbocycles. The topological polar surface area (TPSA) is 36.4 Å². The van der Waals surface area contributed by atoms with E-state index in [9.17, 15) is 5.11 Å². The van der Waals surface area contributed by atoms with Gasteiger partial charge >= 0.3 is 0 Å². The molecule has 0 unspecified atom stereocenters. The second-order valence-corrected chi connectivity index (χ2v) is 6.15. The molecule has 0 amide bonds. The van der Waals surface area contributed by atoms with E-state index in [0.717, 1.165) is 18.9 Å². The van der Waals surface area contributed by atoms with Crippen LogP contribution in [-0.4, -0.2) is 28.8 Å². The molecular weight excluding hydrogens is 232 g/mol. The highest BCUT2D eigenvalue weighted by Gasteiger charge is 2.52. The Morgan fingerprint density at radius 3 is 2.94 bits per heavy atom. The van der Waals surface area contributed by atoms with E-state index in [-0.39, 0.29) is 0 Å². The number of pyridine rings is 1. The minimum Gasteiger partial charge on any atom is -0.386 e. The van der Waals surface area contributed by atoms with Crippen molar-refractivity contribution in [1.29, 1.82) is 0 Å². The van der Waals surface area contributed by atoms with Crippen molar-refractivity contribution in [2.24, 2.45) is 5.92 Å². The quantitative estimate of drug-likeness (QED) is 0.883. The molecule has 1 N–H and O–H groups in total. The molecule has 2 fully saturated rings. The maximum Gasteiger partial charge on any atom is 0.137 e. The molecular formula is C13H14N2OS. The molecule has 88 valence electrons. The number of rotatable bonds is 2. The number of β-amino-alcohol motifs (C(OH)–C–C–N with tert-alkyl or cyclic N) is 1. The molecule has 1 aliphatic carbocycles. The summed E-state index contributed by atoms with van der Waals surface area (Å²) in [5.74, 6) is 1.58. The Morgan fingerprint density at radius 1 is 1.35 bits per heavy atom. The van der Waals surface area contributed by atoms with E-state index in [0.29, 0.717) is 5.92 Å². The smallest absolute Gasteiger partial charge is 0.137 e. The first-order chi connectivity index (χ1) is 8.26. The largest absolute Gasteiger partial charge is 0.386 e. The van der Waals surface area contributed by atoms with Gasteiger partial charge in [-0.1, -0.05) is 0 Å². The summed E-state index contributed by atoms with van der Waals surface area (Å²) in [6.07, 6.45) is 4.25. The molecule has 2 aliphatic rings. The Labute approximate surface area is 104 Å². The maximum absolute atomic E-state index is 10.3. The van der Waals surface area contributed by atoms with Crippen molar-refractivity contribution < 1.29 is 5.11 Å². The van der Waals surface area contributed by atoms with Crippen molar-refractivity contribution in [3.8, 4) is 0 Å². The van der Waals surface area contributed by atoms with E-state index in [1.165, 1.54) is 22.9 Å². The fourth-order valence-corrected chi connectivity index (χ4v) is 3.55. The van der Waals surface area contributed by atoms with Crippen LogP contribution in [0.25, 0.3) is 10.1 Å². The molecule has 0 radical (unpaired) electrons. The Morgan fingerprint density at radius 2 is 2.18 bits per heavy atom. The van der Waals surface area contributed by atoms with Crippen molar-refractivity contribution >= 4 is 27.2 Å². The third kappa shape index (κ3) is 1.40. The normalized spacial score (nSPS) is 22.8. The van der Waals surface area contributed by atoms with Crippen molar-refractivity contribution in [3.05, 3.63) is 23.7 Å². The monoisotopic (exact) mass is 246 g/mol. The fraction of sp³-hybridized carbons (Fsp3) is 0.462. The van der Waals surface area contributed by atoms with Gasteiger partial charge in [0.1, 0.15) is 11.4 Å². The molecule has 2 aromatic rings. The average molecular weight is 246 g/mol. The Kier molecular flexibility index (Phi) is 1.86. The summed E-state index contributed by atoms with van der Waals surface area (Å²) in [5, 5.41) is 13.7. The number of aliphatic hydroxyl groups is 1. The number of fused-ring (bicyclic) bond motifs is 1. The third-order valence-electron chi connectivity index (χ3n) is 3.92. The van der Waals surface area contributed by atoms with Gasteiger partial charge in [-0.05, 0) is 36.3 Å². The van der Waals surface area contributed by atoms with E-state index in [1.54, 1.807) is 11.3 Å². The minimum atomic E-state index is -0.431. The third-order valence-corrected chi connectivity index (χ3v) is 4.81. The molecule has 1 saturated carbocycles. The van der Waals surface area contributed by atoms with Crippen LogP contribution >= 0.6 is 11.3 Å². The molecule has 0 spiro atoms. The van der Waals surface area contributed by atoms with Crippen molar-refractivity contribution in [3.63, 3.8) is 0 Å². The summed E-state index contributed by atoms with van der Waals surface area (Å²) in [6.45, 7) is 1.50. The lowest BCUT2D eigenvalue weighted by atomic mass is 9.88. The minimum absolute atomic E-state index is 0.431. The van der Waals surface area contributed by atoms with Gasteiger partial charge in [-0.2, -0.15) is 0 Å². The van der Waals surface area contributed by atoms with Gasteiger partial charge in [-0.3, -0.25) is 0 Å². The second kappa shape index (κ2) is 3.21. The lowest BCUT2D eigenvalue weighted by Gasteiger charge is -2.47. The van der Waals surface area contributed by atoms with Gasteiger partial charge in [0.25, 0.3) is 0 Å². The zero-order valence-electron chi connectivity index (χ0n) is 9.47. The van der Waals surface area contributed by atoms with Gasteiger partial charge in [0.2, 0.25) is 0 Å². The molecule has 0 atom stereocenters. The first kappa shape index (κ1) is 9.85. The summed E-state index contributed by atoms with van der Waals surface area (Å²) in [4.78, 5) is 6.67. The Hall–Kier alpha value is -1.13. The highest BCUT2D eigenvalue weighted by atomic mass is 32.1. The SMILES string of the molecule is OC1(C2CC2)CN(c2nccc3sccc23)C1. The van der Waals surface area contributed by atoms with Crippen LogP contribution in [0.1, 0.15) is 12.8 Å². The summed E-state index contributed by atoms with van der Waals surface area (Å²) < 4.78 is 1.27. The summed E-state index contributed by atoms with van der Waals surface area (Å²) in [5.41, 5.74) is -0.431. The molecule has 17 heavy (non-hydrogen) atoms. The standard InChI is InChI=1S/C13H14N2OS/c16-13(9-1-2-9)7-15(8-13)12-10-4-6-17-11(10)3-5-14-12/h3-6,9,16H,1-2,7-8H2. The van der Waals surface area contributed by atoms with Crippen molar-refractivity contribution in [1.82, 2.24) is 4.98 Å². The number of thiophene rings is 1. The molecule has 4 heteroatoms. The van der Waals surface area contributed by atoms with Gasteiger partial charge in [0.05, 0.1) is 13.1 Å². The van der Waals surface area contributed by atoms with E-state index in [2.05, 4.69) is 27.4 Å². The summed E-state index contributed by atoms with van der Waals surface area (Å²) >= 11 is 1.74. The average Bonchev–Trinajstić information content (AvgIpc) is 3.03. The number of aromatic nitrogens is 1. The first-order valence-electron chi connectivity index (χ1n) is 6.06. The molecule has 0 bridgehead atoms. The van der Waals surface area contributed by atoms with E-state index < -0.39 is 5.60 Å². The highest BCUT2D eigenvalue weighted by molar-refractivity contribution is 7.17. The second-order valence-electron chi connectivity index (χ2n) is 5.20. The van der Waals surface area contributed by atoms with Gasteiger partial charge in [0.15, 0.2) is 0 Å². The van der Waals surface area contributed by atoms with E-state index in [4.69, 9.17) is 0 Å². The number of nitrogens with zero attached hydrogens (tertiary/aromatic N) is 2. The highest BCUT2D eigenvalue weighted by Crippen LogP contribution is 2.46. The Bertz CT molecular complexity index is 570. The van der Waals surface area contributed by atoms with E-state index in [1.807, 2.05) is 6.20 Å². The Balaban J connectivity index is 1.66. The van der Waals surface area contributed by atoms with Gasteiger partial charge in [0, 0.05) is 16.3 Å². The zero-order valence-corrected chi connectivity index (χ0v) is 10.3. The van der Waals surface area contributed by atoms with Gasteiger partial charge in [-0.15, -0.1) is 11.3 Å². The van der Waals surface area contributed by atoms with Crippen LogP contribution in [-0.2, 0) is 0 Å². The maximum atomic E-state index is 10.3. The predicted molar refractivity (Wildman–Crippen MR) is 69.5 cm³/mol. The fourth-order valence-electron chi connectivity index (χ4n) is 2.78. The molecule has 4 rings (SSSR count). The molecule has 2 aromatic heterocycles. The first-order valence-corrected chi connectivity index (χ1v) is 6.94. The summed E-state index contributed by atoms with van der Waals surface area (Å²) in [6, 6.07) is 4.17. The van der Waals surface area contributed by atoms with Crippen LogP contribution in [0.5, 0.6) is 0 Å². The van der Waals surface area contributed by atoms with Crippen LogP contribution in [0, 0.1) is 5.92 Å². The molecule has 1 aliphatic heterocycles. The van der Waals surface area contributed by atoms with Crippen LogP contribution < -0.4 is 4.90 Å². The number of hydrogen-bond donors (Lipinski definition) is 1. The van der Waals surface area contributed by atoms with Crippen LogP contribution in [0.4, 0.5) is 5.82 Å². The van der Waals surface area contributed by atoms with Crippen molar-refractivity contribution in [2.45, 2.75) is 18.4 Å². The molecule has 3 nitrogen and oxygen atoms in total. The zero-order chi connectivity index (χ0) is 11.5. The van der Waals surface area contributed by atoms with Crippen molar-refractivity contribution in [2.75, 3.05) is 18.0 Å².